The molecule has 2 aliphatic heterocycles. The molecule has 0 bridgehead atoms. The highest BCUT2D eigenvalue weighted by Crippen LogP contribution is 2.26. The number of hydrogen-bond acceptors (Lipinski definition) is 4. The Morgan fingerprint density at radius 1 is 1.15 bits per heavy atom. The molecular formula is C20H23ClN4O2. The van der Waals surface area contributed by atoms with Crippen LogP contribution in [0.4, 0.5) is 5.69 Å². The van der Waals surface area contributed by atoms with E-state index in [1.54, 1.807) is 11.1 Å². The topological polar surface area (TPSA) is 65.5 Å². The first-order valence-corrected chi connectivity index (χ1v) is 9.06. The van der Waals surface area contributed by atoms with Crippen molar-refractivity contribution in [2.45, 2.75) is 18.9 Å². The van der Waals surface area contributed by atoms with E-state index in [0.29, 0.717) is 18.5 Å². The van der Waals surface area contributed by atoms with Crippen molar-refractivity contribution in [3.05, 3.63) is 59.9 Å². The Morgan fingerprint density at radius 3 is 2.63 bits per heavy atom. The van der Waals surface area contributed by atoms with E-state index < -0.39 is 0 Å². The molecule has 1 aromatic carbocycles. The van der Waals surface area contributed by atoms with Crippen LogP contribution in [0.15, 0.2) is 48.8 Å². The standard InChI is InChI=1S/C20H22N4O2.ClH/c25-19-4-2-11-23(19)17-7-5-15(6-8-17)20(26)24-12-10-22-14-18(24)16-3-1-9-21-13-16;/h1,3,5-9,13,18,22H,2,4,10-12,14H2;1H. The van der Waals surface area contributed by atoms with Crippen LogP contribution in [-0.4, -0.2) is 47.9 Å². The van der Waals surface area contributed by atoms with E-state index in [-0.39, 0.29) is 30.3 Å². The van der Waals surface area contributed by atoms with Crippen molar-refractivity contribution >= 4 is 29.9 Å². The summed E-state index contributed by atoms with van der Waals surface area (Å²) < 4.78 is 0. The van der Waals surface area contributed by atoms with E-state index in [2.05, 4.69) is 10.3 Å². The number of amides is 2. The zero-order valence-electron chi connectivity index (χ0n) is 15.0. The van der Waals surface area contributed by atoms with E-state index >= 15 is 0 Å². The highest BCUT2D eigenvalue weighted by Gasteiger charge is 2.29. The molecule has 0 saturated carbocycles. The maximum Gasteiger partial charge on any atom is 0.254 e. The van der Waals surface area contributed by atoms with Gasteiger partial charge in [-0.2, -0.15) is 0 Å². The Kier molecular flexibility index (Phi) is 6.08. The molecule has 1 unspecified atom stereocenters. The number of nitrogens with zero attached hydrogens (tertiary/aromatic N) is 3. The number of piperazine rings is 1. The van der Waals surface area contributed by atoms with E-state index in [9.17, 15) is 9.59 Å². The molecule has 2 amide bonds. The zero-order valence-corrected chi connectivity index (χ0v) is 15.8. The molecule has 1 atom stereocenters. The number of aromatic nitrogens is 1. The van der Waals surface area contributed by atoms with Crippen molar-refractivity contribution in [1.29, 1.82) is 0 Å². The van der Waals surface area contributed by atoms with Crippen LogP contribution in [0.3, 0.4) is 0 Å². The second-order valence-corrected chi connectivity index (χ2v) is 6.70. The molecule has 0 radical (unpaired) electrons. The average molecular weight is 387 g/mol. The fraction of sp³-hybridized carbons (Fsp3) is 0.350. The van der Waals surface area contributed by atoms with Gasteiger partial charge >= 0.3 is 0 Å². The maximum absolute atomic E-state index is 13.1. The van der Waals surface area contributed by atoms with Crippen molar-refractivity contribution in [1.82, 2.24) is 15.2 Å². The fourth-order valence-corrected chi connectivity index (χ4v) is 3.69. The Balaban J connectivity index is 0.00000210. The number of rotatable bonds is 3. The van der Waals surface area contributed by atoms with Gasteiger partial charge in [0.25, 0.3) is 5.91 Å². The summed E-state index contributed by atoms with van der Waals surface area (Å²) in [7, 11) is 0. The van der Waals surface area contributed by atoms with Crippen molar-refractivity contribution in [3.8, 4) is 0 Å². The summed E-state index contributed by atoms with van der Waals surface area (Å²) in [6.07, 6.45) is 5.06. The number of carbonyl (C=O) groups excluding carboxylic acids is 2. The third-order valence-electron chi connectivity index (χ3n) is 5.07. The van der Waals surface area contributed by atoms with Crippen molar-refractivity contribution in [2.24, 2.45) is 0 Å². The molecule has 2 fully saturated rings. The lowest BCUT2D eigenvalue weighted by Gasteiger charge is -2.36. The van der Waals surface area contributed by atoms with Crippen LogP contribution in [0.2, 0.25) is 0 Å². The Bertz CT molecular complexity index is 797. The number of pyridine rings is 1. The Morgan fingerprint density at radius 2 is 1.96 bits per heavy atom. The van der Waals surface area contributed by atoms with Crippen LogP contribution in [0.25, 0.3) is 0 Å². The van der Waals surface area contributed by atoms with Gasteiger partial charge in [0.1, 0.15) is 0 Å². The molecule has 142 valence electrons. The minimum atomic E-state index is -0.0233. The number of halogens is 1. The molecule has 7 heteroatoms. The van der Waals surface area contributed by atoms with Crippen LogP contribution in [-0.2, 0) is 4.79 Å². The second-order valence-electron chi connectivity index (χ2n) is 6.70. The summed E-state index contributed by atoms with van der Waals surface area (Å²) >= 11 is 0. The van der Waals surface area contributed by atoms with E-state index in [1.807, 2.05) is 47.5 Å². The van der Waals surface area contributed by atoms with Gasteiger partial charge in [0.05, 0.1) is 6.04 Å². The summed E-state index contributed by atoms with van der Waals surface area (Å²) in [5.74, 6) is 0.169. The molecule has 4 rings (SSSR count). The molecule has 27 heavy (non-hydrogen) atoms. The van der Waals surface area contributed by atoms with E-state index in [0.717, 1.165) is 37.3 Å². The average Bonchev–Trinajstić information content (AvgIpc) is 3.14. The lowest BCUT2D eigenvalue weighted by atomic mass is 10.0. The van der Waals surface area contributed by atoms with E-state index in [4.69, 9.17) is 0 Å². The number of hydrogen-bond donors (Lipinski definition) is 1. The summed E-state index contributed by atoms with van der Waals surface area (Å²) in [4.78, 5) is 32.8. The highest BCUT2D eigenvalue weighted by molar-refractivity contribution is 5.97. The summed E-state index contributed by atoms with van der Waals surface area (Å²) in [6, 6.07) is 11.3. The molecule has 3 heterocycles. The molecule has 0 spiro atoms. The van der Waals surface area contributed by atoms with Gasteiger partial charge in [0, 0.05) is 56.2 Å². The molecule has 2 aliphatic rings. The zero-order chi connectivity index (χ0) is 17.9. The molecule has 1 N–H and O–H groups in total. The molecule has 2 aromatic rings. The minimum Gasteiger partial charge on any atom is -0.329 e. The first-order chi connectivity index (χ1) is 12.7. The quantitative estimate of drug-likeness (QED) is 0.879. The first kappa shape index (κ1) is 19.3. The second kappa shape index (κ2) is 8.50. The monoisotopic (exact) mass is 386 g/mol. The minimum absolute atomic E-state index is 0. The van der Waals surface area contributed by atoms with Gasteiger partial charge in [-0.3, -0.25) is 14.6 Å². The van der Waals surface area contributed by atoms with Gasteiger partial charge in [0.2, 0.25) is 5.91 Å². The van der Waals surface area contributed by atoms with Crippen LogP contribution in [0.5, 0.6) is 0 Å². The van der Waals surface area contributed by atoms with Gasteiger partial charge in [-0.15, -0.1) is 12.4 Å². The third-order valence-corrected chi connectivity index (χ3v) is 5.07. The molecule has 2 saturated heterocycles. The van der Waals surface area contributed by atoms with Crippen LogP contribution >= 0.6 is 12.4 Å². The first-order valence-electron chi connectivity index (χ1n) is 9.06. The summed E-state index contributed by atoms with van der Waals surface area (Å²) in [5.41, 5.74) is 2.55. The number of benzene rings is 1. The maximum atomic E-state index is 13.1. The SMILES string of the molecule is Cl.O=C1CCCN1c1ccc(C(=O)N2CCNCC2c2cccnc2)cc1. The lowest BCUT2D eigenvalue weighted by Crippen LogP contribution is -2.48. The van der Waals surface area contributed by atoms with Gasteiger partial charge < -0.3 is 15.1 Å². The molecular weight excluding hydrogens is 364 g/mol. The predicted molar refractivity (Wildman–Crippen MR) is 106 cm³/mol. The van der Waals surface area contributed by atoms with Gasteiger partial charge in [0.15, 0.2) is 0 Å². The fourth-order valence-electron chi connectivity index (χ4n) is 3.69. The normalized spacial score (nSPS) is 19.7. The Hall–Kier alpha value is -2.44. The molecule has 6 nitrogen and oxygen atoms in total. The predicted octanol–water partition coefficient (Wildman–Crippen LogP) is 2.42. The number of nitrogens with one attached hydrogen (secondary N) is 1. The summed E-state index contributed by atoms with van der Waals surface area (Å²) in [5, 5.41) is 3.35. The van der Waals surface area contributed by atoms with Crippen LogP contribution in [0.1, 0.15) is 34.8 Å². The third kappa shape index (κ3) is 3.96. The number of carbonyl (C=O) groups is 2. The van der Waals surface area contributed by atoms with Crippen molar-refractivity contribution < 1.29 is 9.59 Å². The van der Waals surface area contributed by atoms with Gasteiger partial charge in [-0.1, -0.05) is 6.07 Å². The molecule has 1 aromatic heterocycles. The molecule has 0 aliphatic carbocycles. The van der Waals surface area contributed by atoms with Gasteiger partial charge in [-0.05, 0) is 42.3 Å². The summed E-state index contributed by atoms with van der Waals surface area (Å²) in [6.45, 7) is 2.92. The highest BCUT2D eigenvalue weighted by atomic mass is 35.5. The lowest BCUT2D eigenvalue weighted by molar-refractivity contribution is -0.117. The van der Waals surface area contributed by atoms with Gasteiger partial charge in [-0.25, -0.2) is 0 Å². The largest absolute Gasteiger partial charge is 0.329 e. The van der Waals surface area contributed by atoms with Crippen molar-refractivity contribution in [3.63, 3.8) is 0 Å². The van der Waals surface area contributed by atoms with E-state index in [1.165, 1.54) is 0 Å². The smallest absolute Gasteiger partial charge is 0.254 e. The van der Waals surface area contributed by atoms with Crippen molar-refractivity contribution in [2.75, 3.05) is 31.1 Å². The Labute approximate surface area is 165 Å². The van der Waals surface area contributed by atoms with Crippen LogP contribution in [0, 0.1) is 0 Å². The number of anilines is 1. The van der Waals surface area contributed by atoms with Crippen LogP contribution < -0.4 is 10.2 Å².